The summed E-state index contributed by atoms with van der Waals surface area (Å²) in [4.78, 5) is 26.8. The van der Waals surface area contributed by atoms with Crippen molar-refractivity contribution >= 4 is 17.6 Å². The van der Waals surface area contributed by atoms with Crippen LogP contribution in [0.5, 0.6) is 5.75 Å². The molecule has 3 rings (SSSR count). The Kier molecular flexibility index (Phi) is 9.02. The number of benzene rings is 1. The van der Waals surface area contributed by atoms with E-state index >= 15 is 0 Å². The zero-order valence-electron chi connectivity index (χ0n) is 21.2. The van der Waals surface area contributed by atoms with Crippen LogP contribution in [0.25, 0.3) is 5.57 Å². The minimum atomic E-state index is -0.366. The van der Waals surface area contributed by atoms with Crippen LogP contribution >= 0.6 is 0 Å². The number of carbonyl (C=O) groups excluding carboxylic acids is 2. The number of aliphatic hydroxyl groups excluding tert-OH is 1. The summed E-state index contributed by atoms with van der Waals surface area (Å²) in [5.74, 6) is 0.738. The summed E-state index contributed by atoms with van der Waals surface area (Å²) < 4.78 is 12.4. The van der Waals surface area contributed by atoms with Gasteiger partial charge in [-0.3, -0.25) is 4.79 Å². The first-order chi connectivity index (χ1) is 17.3. The minimum absolute atomic E-state index is 0.0238. The maximum atomic E-state index is 13.0. The molecule has 0 saturated carbocycles. The molecule has 192 valence electrons. The quantitative estimate of drug-likeness (QED) is 0.513. The first kappa shape index (κ1) is 26.7. The summed E-state index contributed by atoms with van der Waals surface area (Å²) in [7, 11) is 1.52. The molecule has 0 radical (unpaired) electrons. The fourth-order valence-corrected chi connectivity index (χ4v) is 3.88. The van der Waals surface area contributed by atoms with Gasteiger partial charge in [-0.25, -0.2) is 4.79 Å². The number of aromatic nitrogens is 3. The highest BCUT2D eigenvalue weighted by Crippen LogP contribution is 2.28. The first-order valence-corrected chi connectivity index (χ1v) is 11.8. The van der Waals surface area contributed by atoms with Gasteiger partial charge in [-0.15, -0.1) is 10.2 Å². The van der Waals surface area contributed by atoms with Gasteiger partial charge in [0, 0.05) is 18.8 Å². The topological polar surface area (TPSA) is 119 Å². The molecule has 1 aromatic heterocycles. The van der Waals surface area contributed by atoms with Gasteiger partial charge in [0.2, 0.25) is 0 Å². The maximum Gasteiger partial charge on any atom is 0.410 e. The van der Waals surface area contributed by atoms with Crippen LogP contribution in [0.4, 0.5) is 4.79 Å². The van der Waals surface area contributed by atoms with E-state index in [1.807, 2.05) is 26.0 Å². The monoisotopic (exact) mass is 495 g/mol. The Morgan fingerprint density at radius 3 is 2.81 bits per heavy atom. The lowest BCUT2D eigenvalue weighted by Crippen LogP contribution is -2.36. The molecule has 1 atom stereocenters. The zero-order chi connectivity index (χ0) is 26.2. The smallest absolute Gasteiger partial charge is 0.410 e. The number of methoxy groups -OCH3 is 1. The second-order valence-electron chi connectivity index (χ2n) is 8.47. The number of carbonyl (C=O) groups is 2. The van der Waals surface area contributed by atoms with Crippen LogP contribution < -0.4 is 10.1 Å². The zero-order valence-corrected chi connectivity index (χ0v) is 21.2. The highest BCUT2D eigenvalue weighted by Gasteiger charge is 2.25. The summed E-state index contributed by atoms with van der Waals surface area (Å²) in [6, 6.07) is 3.46. The van der Waals surface area contributed by atoms with Gasteiger partial charge in [0.05, 0.1) is 31.9 Å². The summed E-state index contributed by atoms with van der Waals surface area (Å²) in [6.07, 6.45) is 7.11. The Labute approximate surface area is 210 Å². The molecule has 0 bridgehead atoms. The Morgan fingerprint density at radius 2 is 2.11 bits per heavy atom. The van der Waals surface area contributed by atoms with Crippen molar-refractivity contribution in [3.8, 4) is 5.75 Å². The number of rotatable bonds is 9. The van der Waals surface area contributed by atoms with Crippen LogP contribution in [0, 0.1) is 0 Å². The predicted octanol–water partition coefficient (Wildman–Crippen LogP) is 3.26. The third kappa shape index (κ3) is 6.19. The molecule has 2 aromatic rings. The van der Waals surface area contributed by atoms with Crippen molar-refractivity contribution in [3.05, 3.63) is 71.5 Å². The highest BCUT2D eigenvalue weighted by molar-refractivity contribution is 5.98. The van der Waals surface area contributed by atoms with Gasteiger partial charge in [-0.05, 0) is 62.1 Å². The molecule has 0 spiro atoms. The van der Waals surface area contributed by atoms with Crippen LogP contribution in [-0.2, 0) is 17.7 Å². The SMILES string of the molecule is C=C(/C=C\C=C(/C)c1nncn1C(C)CO)NC(=O)c1cc2c(cc1OC)CCN(C(=O)OCC)C2. The van der Waals surface area contributed by atoms with Gasteiger partial charge >= 0.3 is 6.09 Å². The summed E-state index contributed by atoms with van der Waals surface area (Å²) in [5.41, 5.74) is 3.50. The minimum Gasteiger partial charge on any atom is -0.496 e. The lowest BCUT2D eigenvalue weighted by Gasteiger charge is -2.28. The number of aliphatic hydroxyl groups is 1. The predicted molar refractivity (Wildman–Crippen MR) is 135 cm³/mol. The van der Waals surface area contributed by atoms with Crippen molar-refractivity contribution in [2.24, 2.45) is 0 Å². The van der Waals surface area contributed by atoms with E-state index < -0.39 is 0 Å². The van der Waals surface area contributed by atoms with Gasteiger partial charge in [0.15, 0.2) is 5.82 Å². The largest absolute Gasteiger partial charge is 0.496 e. The van der Waals surface area contributed by atoms with Crippen LogP contribution in [-0.4, -0.2) is 63.6 Å². The maximum absolute atomic E-state index is 13.0. The number of nitrogens with one attached hydrogen (secondary N) is 1. The van der Waals surface area contributed by atoms with E-state index in [0.29, 0.717) is 49.0 Å². The number of amides is 2. The van der Waals surface area contributed by atoms with Crippen LogP contribution in [0.2, 0.25) is 0 Å². The standard InChI is InChI=1S/C26H33N5O5/c1-6-36-26(34)30-11-10-20-13-23(35-5)22(12-21(20)14-30)25(33)28-18(3)9-7-8-17(2)24-29-27-16-31(24)19(4)15-32/h7-9,12-13,16,19,32H,3,6,10-11,14-15H2,1-2,4-5H3,(H,28,33)/b9-7-,17-8+. The molecule has 10 heteroatoms. The van der Waals surface area contributed by atoms with Crippen molar-refractivity contribution in [2.45, 2.75) is 39.8 Å². The normalized spacial score (nSPS) is 14.4. The molecule has 0 aliphatic carbocycles. The fourth-order valence-electron chi connectivity index (χ4n) is 3.88. The fraction of sp³-hybridized carbons (Fsp3) is 0.385. The van der Waals surface area contributed by atoms with Crippen molar-refractivity contribution in [1.29, 1.82) is 0 Å². The number of nitrogens with zero attached hydrogens (tertiary/aromatic N) is 4. The number of hydrogen-bond acceptors (Lipinski definition) is 7. The number of ether oxygens (including phenoxy) is 2. The third-order valence-corrected chi connectivity index (χ3v) is 5.89. The number of fused-ring (bicyclic) bond motifs is 1. The average molecular weight is 496 g/mol. The third-order valence-electron chi connectivity index (χ3n) is 5.89. The second-order valence-corrected chi connectivity index (χ2v) is 8.47. The molecule has 1 aliphatic rings. The molecule has 1 unspecified atom stereocenters. The van der Waals surface area contributed by atoms with E-state index in [2.05, 4.69) is 22.1 Å². The Morgan fingerprint density at radius 1 is 1.33 bits per heavy atom. The average Bonchev–Trinajstić information content (AvgIpc) is 3.37. The van der Waals surface area contributed by atoms with Gasteiger partial charge in [0.25, 0.3) is 5.91 Å². The van der Waals surface area contributed by atoms with E-state index in [0.717, 1.165) is 16.7 Å². The number of hydrogen-bond donors (Lipinski definition) is 2. The first-order valence-electron chi connectivity index (χ1n) is 11.8. The number of allylic oxidation sites excluding steroid dienone is 4. The molecule has 36 heavy (non-hydrogen) atoms. The highest BCUT2D eigenvalue weighted by atomic mass is 16.6. The Bertz CT molecular complexity index is 1180. The summed E-state index contributed by atoms with van der Waals surface area (Å²) >= 11 is 0. The molecule has 10 nitrogen and oxygen atoms in total. The molecule has 2 heterocycles. The van der Waals surface area contributed by atoms with Crippen molar-refractivity contribution < 1.29 is 24.2 Å². The van der Waals surface area contributed by atoms with E-state index in [-0.39, 0.29) is 24.6 Å². The Balaban J connectivity index is 1.70. The molecule has 1 aromatic carbocycles. The lowest BCUT2D eigenvalue weighted by atomic mass is 9.96. The molecular weight excluding hydrogens is 462 g/mol. The molecule has 0 fully saturated rings. The second kappa shape index (κ2) is 12.2. The Hall–Kier alpha value is -3.92. The molecule has 2 N–H and O–H groups in total. The van der Waals surface area contributed by atoms with Crippen LogP contribution in [0.15, 0.2) is 49.0 Å². The van der Waals surface area contributed by atoms with Crippen LogP contribution in [0.1, 0.15) is 54.1 Å². The summed E-state index contributed by atoms with van der Waals surface area (Å²) in [6.45, 7) is 10.6. The van der Waals surface area contributed by atoms with Gasteiger partial charge in [-0.1, -0.05) is 18.7 Å². The van der Waals surface area contributed by atoms with E-state index in [1.165, 1.54) is 7.11 Å². The van der Waals surface area contributed by atoms with Crippen molar-refractivity contribution in [2.75, 3.05) is 26.9 Å². The van der Waals surface area contributed by atoms with Gasteiger partial charge in [0.1, 0.15) is 12.1 Å². The van der Waals surface area contributed by atoms with Crippen LogP contribution in [0.3, 0.4) is 0 Å². The molecule has 0 saturated heterocycles. The molecular formula is C26H33N5O5. The van der Waals surface area contributed by atoms with E-state index in [4.69, 9.17) is 9.47 Å². The van der Waals surface area contributed by atoms with Crippen molar-refractivity contribution in [1.82, 2.24) is 25.0 Å². The van der Waals surface area contributed by atoms with E-state index in [1.54, 1.807) is 40.9 Å². The van der Waals surface area contributed by atoms with E-state index in [9.17, 15) is 14.7 Å². The lowest BCUT2D eigenvalue weighted by molar-refractivity contribution is 0.0964. The molecule has 2 amide bonds. The van der Waals surface area contributed by atoms with Gasteiger partial charge < -0.3 is 29.4 Å². The molecule has 1 aliphatic heterocycles. The summed E-state index contributed by atoms with van der Waals surface area (Å²) in [5, 5.41) is 20.2. The van der Waals surface area contributed by atoms with Gasteiger partial charge in [-0.2, -0.15) is 0 Å². The van der Waals surface area contributed by atoms with Crippen molar-refractivity contribution in [3.63, 3.8) is 0 Å².